The molecule has 2 saturated heterocycles. The van der Waals surface area contributed by atoms with Gasteiger partial charge in [-0.3, -0.25) is 9.80 Å². The number of anilines is 1. The summed E-state index contributed by atoms with van der Waals surface area (Å²) < 4.78 is 19.1. The van der Waals surface area contributed by atoms with Crippen molar-refractivity contribution in [3.8, 4) is 0 Å². The van der Waals surface area contributed by atoms with E-state index >= 15 is 0 Å². The molecule has 2 fully saturated rings. The van der Waals surface area contributed by atoms with Gasteiger partial charge in [-0.05, 0) is 50.5 Å². The Kier molecular flexibility index (Phi) is 6.81. The van der Waals surface area contributed by atoms with E-state index in [-0.39, 0.29) is 30.1 Å². The Balaban J connectivity index is 1.14. The van der Waals surface area contributed by atoms with Crippen LogP contribution in [0.2, 0.25) is 0 Å². The van der Waals surface area contributed by atoms with Gasteiger partial charge in [-0.1, -0.05) is 30.3 Å². The lowest BCUT2D eigenvalue weighted by Crippen LogP contribution is -2.59. The Morgan fingerprint density at radius 1 is 1.03 bits per heavy atom. The van der Waals surface area contributed by atoms with E-state index in [2.05, 4.69) is 28.6 Å². The second kappa shape index (κ2) is 10.2. The molecule has 1 amide bonds. The summed E-state index contributed by atoms with van der Waals surface area (Å²) in [5, 5.41) is 1.02. The average molecular weight is 478 g/mol. The van der Waals surface area contributed by atoms with Gasteiger partial charge < -0.3 is 9.64 Å². The van der Waals surface area contributed by atoms with E-state index in [1.165, 1.54) is 12.1 Å². The number of para-hydroxylation sites is 1. The number of fused-ring (bicyclic) bond motifs is 1. The van der Waals surface area contributed by atoms with Crippen LogP contribution in [0.4, 0.5) is 15.1 Å². The van der Waals surface area contributed by atoms with Crippen molar-refractivity contribution >= 4 is 22.9 Å². The SMILES string of the molecule is C[C@@H]1CN(c2ncc3ccccc3n2)C[C@H](C)N1C(=O)OC1CCN(Cc2ccc(F)cc2)CC1. The predicted molar refractivity (Wildman–Crippen MR) is 134 cm³/mol. The van der Waals surface area contributed by atoms with Gasteiger partial charge in [0.15, 0.2) is 0 Å². The maximum absolute atomic E-state index is 13.1. The molecule has 0 bridgehead atoms. The van der Waals surface area contributed by atoms with E-state index in [0.29, 0.717) is 19.0 Å². The van der Waals surface area contributed by atoms with E-state index in [4.69, 9.17) is 9.72 Å². The number of aromatic nitrogens is 2. The van der Waals surface area contributed by atoms with Crippen molar-refractivity contribution in [3.05, 3.63) is 66.1 Å². The summed E-state index contributed by atoms with van der Waals surface area (Å²) >= 11 is 0. The second-order valence-electron chi connectivity index (χ2n) is 9.72. The third-order valence-corrected chi connectivity index (χ3v) is 7.01. The summed E-state index contributed by atoms with van der Waals surface area (Å²) in [6.07, 6.45) is 3.16. The quantitative estimate of drug-likeness (QED) is 0.553. The minimum Gasteiger partial charge on any atom is -0.446 e. The van der Waals surface area contributed by atoms with Gasteiger partial charge in [-0.15, -0.1) is 0 Å². The fraction of sp³-hybridized carbons (Fsp3) is 0.444. The number of likely N-dealkylation sites (tertiary alicyclic amines) is 1. The van der Waals surface area contributed by atoms with Crippen molar-refractivity contribution in [1.29, 1.82) is 0 Å². The highest BCUT2D eigenvalue weighted by molar-refractivity contribution is 5.78. The van der Waals surface area contributed by atoms with E-state index in [0.717, 1.165) is 48.9 Å². The number of halogens is 1. The normalized spacial score (nSPS) is 21.9. The van der Waals surface area contributed by atoms with Gasteiger partial charge in [0.2, 0.25) is 5.95 Å². The number of hydrogen-bond donors (Lipinski definition) is 0. The number of ether oxygens (including phenoxy) is 1. The molecule has 3 heterocycles. The molecule has 184 valence electrons. The molecule has 2 aliphatic heterocycles. The van der Waals surface area contributed by atoms with Crippen molar-refractivity contribution in [3.63, 3.8) is 0 Å². The number of rotatable bonds is 4. The van der Waals surface area contributed by atoms with Gasteiger partial charge in [0, 0.05) is 44.3 Å². The maximum Gasteiger partial charge on any atom is 0.410 e. The first-order valence-corrected chi connectivity index (χ1v) is 12.4. The Bertz CT molecular complexity index is 1150. The Morgan fingerprint density at radius 2 is 1.71 bits per heavy atom. The van der Waals surface area contributed by atoms with Crippen LogP contribution in [-0.2, 0) is 11.3 Å². The van der Waals surface area contributed by atoms with Crippen molar-refractivity contribution in [2.24, 2.45) is 0 Å². The Hall–Kier alpha value is -3.26. The molecule has 0 spiro atoms. The molecular formula is C27H32FN5O2. The number of amides is 1. The number of piperazine rings is 1. The van der Waals surface area contributed by atoms with Crippen LogP contribution >= 0.6 is 0 Å². The second-order valence-corrected chi connectivity index (χ2v) is 9.72. The minimum atomic E-state index is -0.235. The highest BCUT2D eigenvalue weighted by Gasteiger charge is 2.36. The third kappa shape index (κ3) is 5.37. The van der Waals surface area contributed by atoms with Gasteiger partial charge in [0.25, 0.3) is 0 Å². The van der Waals surface area contributed by atoms with Crippen LogP contribution in [-0.4, -0.2) is 70.2 Å². The largest absolute Gasteiger partial charge is 0.446 e. The Labute approximate surface area is 205 Å². The third-order valence-electron chi connectivity index (χ3n) is 7.01. The standard InChI is InChI=1S/C27H32FN5O2/c1-19-16-32(26-29-15-22-5-3-4-6-25(22)30-26)17-20(2)33(19)27(34)35-24-11-13-31(14-12-24)18-21-7-9-23(28)10-8-21/h3-10,15,19-20,24H,11-14,16-18H2,1-2H3/t19-,20+. The van der Waals surface area contributed by atoms with Gasteiger partial charge in [-0.25, -0.2) is 19.2 Å². The number of piperidine rings is 1. The van der Waals surface area contributed by atoms with Crippen molar-refractivity contribution in [2.45, 2.75) is 51.4 Å². The summed E-state index contributed by atoms with van der Waals surface area (Å²) in [6, 6.07) is 14.6. The maximum atomic E-state index is 13.1. The van der Waals surface area contributed by atoms with Crippen LogP contribution in [0.3, 0.4) is 0 Å². The smallest absolute Gasteiger partial charge is 0.410 e. The van der Waals surface area contributed by atoms with Crippen LogP contribution in [0.5, 0.6) is 0 Å². The van der Waals surface area contributed by atoms with E-state index in [1.54, 1.807) is 0 Å². The van der Waals surface area contributed by atoms with Gasteiger partial charge in [0.05, 0.1) is 17.6 Å². The molecule has 2 aliphatic rings. The molecule has 5 rings (SSSR count). The van der Waals surface area contributed by atoms with Gasteiger partial charge >= 0.3 is 6.09 Å². The molecule has 0 saturated carbocycles. The summed E-state index contributed by atoms with van der Waals surface area (Å²) in [5.41, 5.74) is 2.02. The van der Waals surface area contributed by atoms with Crippen LogP contribution in [0.1, 0.15) is 32.3 Å². The fourth-order valence-electron chi connectivity index (χ4n) is 5.20. The molecule has 0 unspecified atom stereocenters. The molecule has 3 aromatic rings. The van der Waals surface area contributed by atoms with Gasteiger partial charge in [-0.2, -0.15) is 0 Å². The monoisotopic (exact) mass is 477 g/mol. The first kappa shape index (κ1) is 23.5. The molecule has 0 radical (unpaired) electrons. The molecule has 2 aromatic carbocycles. The molecule has 0 N–H and O–H groups in total. The number of carbonyl (C=O) groups excluding carboxylic acids is 1. The van der Waals surface area contributed by atoms with Crippen molar-refractivity contribution < 1.29 is 13.9 Å². The molecule has 35 heavy (non-hydrogen) atoms. The average Bonchev–Trinajstić information content (AvgIpc) is 2.86. The lowest BCUT2D eigenvalue weighted by molar-refractivity contribution is 0.00996. The predicted octanol–water partition coefficient (Wildman–Crippen LogP) is 4.47. The summed E-state index contributed by atoms with van der Waals surface area (Å²) in [7, 11) is 0. The van der Waals surface area contributed by atoms with Crippen LogP contribution < -0.4 is 4.90 Å². The van der Waals surface area contributed by atoms with Crippen molar-refractivity contribution in [2.75, 3.05) is 31.1 Å². The molecule has 7 nitrogen and oxygen atoms in total. The zero-order valence-corrected chi connectivity index (χ0v) is 20.3. The highest BCUT2D eigenvalue weighted by atomic mass is 19.1. The number of carbonyl (C=O) groups is 1. The number of benzene rings is 2. The minimum absolute atomic E-state index is 0.0140. The lowest BCUT2D eigenvalue weighted by atomic mass is 10.1. The first-order valence-electron chi connectivity index (χ1n) is 12.4. The summed E-state index contributed by atoms with van der Waals surface area (Å²) in [5.74, 6) is 0.484. The van der Waals surface area contributed by atoms with E-state index in [9.17, 15) is 9.18 Å². The van der Waals surface area contributed by atoms with Crippen LogP contribution in [0, 0.1) is 5.82 Å². The fourth-order valence-corrected chi connectivity index (χ4v) is 5.20. The number of hydrogen-bond acceptors (Lipinski definition) is 6. The topological polar surface area (TPSA) is 61.8 Å². The lowest BCUT2D eigenvalue weighted by Gasteiger charge is -2.44. The molecule has 1 aromatic heterocycles. The summed E-state index contributed by atoms with van der Waals surface area (Å²) in [6.45, 7) is 7.92. The molecular weight excluding hydrogens is 445 g/mol. The van der Waals surface area contributed by atoms with E-state index < -0.39 is 0 Å². The van der Waals surface area contributed by atoms with Crippen LogP contribution in [0.15, 0.2) is 54.7 Å². The highest BCUT2D eigenvalue weighted by Crippen LogP contribution is 2.24. The van der Waals surface area contributed by atoms with Crippen molar-refractivity contribution in [1.82, 2.24) is 19.8 Å². The zero-order chi connectivity index (χ0) is 24.4. The van der Waals surface area contributed by atoms with Gasteiger partial charge in [0.1, 0.15) is 11.9 Å². The zero-order valence-electron chi connectivity index (χ0n) is 20.3. The van der Waals surface area contributed by atoms with E-state index in [1.807, 2.05) is 47.5 Å². The molecule has 2 atom stereocenters. The molecule has 8 heteroatoms. The van der Waals surface area contributed by atoms with Crippen LogP contribution in [0.25, 0.3) is 10.9 Å². The summed E-state index contributed by atoms with van der Waals surface area (Å²) in [4.78, 5) is 28.7. The molecule has 0 aliphatic carbocycles. The number of nitrogens with zero attached hydrogens (tertiary/aromatic N) is 5. The Morgan fingerprint density at radius 3 is 2.43 bits per heavy atom. The first-order chi connectivity index (χ1) is 17.0.